The minimum atomic E-state index is -1.16. The molecular weight excluding hydrogens is 427 g/mol. The number of likely N-dealkylation sites (tertiary alicyclic amines) is 1. The number of piperidine rings is 1. The number of nitrogens with zero attached hydrogens (tertiary/aromatic N) is 3. The van der Waals surface area contributed by atoms with Crippen molar-refractivity contribution in [1.82, 2.24) is 14.9 Å². The van der Waals surface area contributed by atoms with Crippen molar-refractivity contribution in [1.29, 1.82) is 5.41 Å². The monoisotopic (exact) mass is 466 g/mol. The quantitative estimate of drug-likeness (QED) is 0.442. The molecule has 2 atom stereocenters. The van der Waals surface area contributed by atoms with Crippen LogP contribution in [0.4, 0.5) is 10.2 Å². The fourth-order valence-electron chi connectivity index (χ4n) is 5.39. The summed E-state index contributed by atoms with van der Waals surface area (Å²) in [5.41, 5.74) is 16.5. The molecule has 0 amide bonds. The van der Waals surface area contributed by atoms with Crippen molar-refractivity contribution in [2.24, 2.45) is 11.7 Å². The van der Waals surface area contributed by atoms with E-state index < -0.39 is 5.67 Å². The van der Waals surface area contributed by atoms with Gasteiger partial charge >= 0.3 is 0 Å². The largest absolute Gasteiger partial charge is 0.382 e. The minimum Gasteiger partial charge on any atom is -0.382 e. The second-order valence-electron chi connectivity index (χ2n) is 10.4. The summed E-state index contributed by atoms with van der Waals surface area (Å²) in [4.78, 5) is 11.3. The van der Waals surface area contributed by atoms with Gasteiger partial charge in [0.25, 0.3) is 0 Å². The van der Waals surface area contributed by atoms with Crippen molar-refractivity contribution in [2.75, 3.05) is 18.8 Å². The van der Waals surface area contributed by atoms with Gasteiger partial charge in [-0.05, 0) is 75.8 Å². The molecule has 0 bridgehead atoms. The molecule has 2 heterocycles. The Morgan fingerprint density at radius 2 is 1.85 bits per heavy atom. The Balaban J connectivity index is 1.43. The van der Waals surface area contributed by atoms with Gasteiger partial charge in [-0.1, -0.05) is 37.1 Å². The second-order valence-corrected chi connectivity index (χ2v) is 10.4. The van der Waals surface area contributed by atoms with Gasteiger partial charge in [-0.15, -0.1) is 0 Å². The molecule has 7 heteroatoms. The molecule has 1 saturated heterocycles. The molecule has 184 valence electrons. The predicted octanol–water partition coefficient (Wildman–Crippen LogP) is 4.88. The first-order chi connectivity index (χ1) is 16.2. The zero-order chi connectivity index (χ0) is 24.3. The standard InChI is InChI=1S/C27H39FN6/c1-18-23(33-25(30)24(32-18)26(31)34-15-13-27(2,28)14-16-34)17-19-7-5-10-20-9-3-4-11-21(20)22(29)12-6-8-19/h3-4,9,11,19,22,31H,5-8,10,12-17,29H2,1-2H3,(H2,30,33)/t19?,22-/m0/s1. The summed E-state index contributed by atoms with van der Waals surface area (Å²) in [5, 5.41) is 8.60. The molecule has 2 aromatic rings. The van der Waals surface area contributed by atoms with Crippen LogP contribution in [0.25, 0.3) is 0 Å². The Morgan fingerprint density at radius 1 is 1.15 bits per heavy atom. The van der Waals surface area contributed by atoms with E-state index in [2.05, 4.69) is 24.3 Å². The van der Waals surface area contributed by atoms with Crippen LogP contribution in [-0.2, 0) is 12.8 Å². The lowest BCUT2D eigenvalue weighted by Crippen LogP contribution is -2.43. The second kappa shape index (κ2) is 10.4. The molecule has 6 nitrogen and oxygen atoms in total. The summed E-state index contributed by atoms with van der Waals surface area (Å²) >= 11 is 0. The van der Waals surface area contributed by atoms with E-state index >= 15 is 0 Å². The van der Waals surface area contributed by atoms with E-state index in [4.69, 9.17) is 26.8 Å². The van der Waals surface area contributed by atoms with E-state index in [-0.39, 0.29) is 11.9 Å². The molecule has 0 radical (unpaired) electrons. The lowest BCUT2D eigenvalue weighted by atomic mass is 9.85. The molecule has 5 N–H and O–H groups in total. The van der Waals surface area contributed by atoms with Gasteiger partial charge in [-0.25, -0.2) is 14.4 Å². The molecule has 1 unspecified atom stereocenters. The molecule has 1 aliphatic heterocycles. The molecular formula is C27H39FN6. The third-order valence-electron chi connectivity index (χ3n) is 7.66. The highest BCUT2D eigenvalue weighted by molar-refractivity contribution is 5.98. The average Bonchev–Trinajstić information content (AvgIpc) is 2.80. The highest BCUT2D eigenvalue weighted by Gasteiger charge is 2.32. The Bertz CT molecular complexity index is 1010. The molecule has 2 aliphatic rings. The third-order valence-corrected chi connectivity index (χ3v) is 7.66. The van der Waals surface area contributed by atoms with Crippen molar-refractivity contribution in [2.45, 2.75) is 83.3 Å². The SMILES string of the molecule is Cc1nc(C(=N)N2CCC(C)(F)CC2)c(N)nc1CC1CCCc2ccccc2[C@@H](N)CCC1. The average molecular weight is 467 g/mol. The zero-order valence-corrected chi connectivity index (χ0v) is 20.6. The Hall–Kier alpha value is -2.54. The maximum atomic E-state index is 14.2. The van der Waals surface area contributed by atoms with Crippen LogP contribution >= 0.6 is 0 Å². The fourth-order valence-corrected chi connectivity index (χ4v) is 5.39. The van der Waals surface area contributed by atoms with Crippen molar-refractivity contribution in [3.8, 4) is 0 Å². The van der Waals surface area contributed by atoms with E-state index in [1.165, 1.54) is 11.1 Å². The highest BCUT2D eigenvalue weighted by atomic mass is 19.1. The van der Waals surface area contributed by atoms with Crippen molar-refractivity contribution < 1.29 is 4.39 Å². The number of amidine groups is 1. The normalized spacial score (nSPS) is 23.2. The van der Waals surface area contributed by atoms with Gasteiger partial charge in [0.15, 0.2) is 11.7 Å². The summed E-state index contributed by atoms with van der Waals surface area (Å²) in [6.45, 7) is 4.59. The summed E-state index contributed by atoms with van der Waals surface area (Å²) < 4.78 is 14.2. The van der Waals surface area contributed by atoms with E-state index in [1.807, 2.05) is 11.8 Å². The number of rotatable bonds is 3. The molecule has 0 saturated carbocycles. The van der Waals surface area contributed by atoms with E-state index in [1.54, 1.807) is 6.92 Å². The van der Waals surface area contributed by atoms with Gasteiger partial charge in [0, 0.05) is 19.1 Å². The van der Waals surface area contributed by atoms with Crippen LogP contribution in [0.2, 0.25) is 0 Å². The number of nitrogens with one attached hydrogen (secondary N) is 1. The molecule has 1 fully saturated rings. The highest BCUT2D eigenvalue weighted by Crippen LogP contribution is 2.30. The van der Waals surface area contributed by atoms with Crippen LogP contribution in [0.3, 0.4) is 0 Å². The molecule has 1 aromatic heterocycles. The van der Waals surface area contributed by atoms with E-state index in [0.717, 1.165) is 56.3 Å². The Morgan fingerprint density at radius 3 is 2.62 bits per heavy atom. The number of nitrogen functional groups attached to an aromatic ring is 1. The van der Waals surface area contributed by atoms with Crippen LogP contribution in [0, 0.1) is 18.3 Å². The fraction of sp³-hybridized carbons (Fsp3) is 0.593. The van der Waals surface area contributed by atoms with Crippen molar-refractivity contribution in [3.05, 3.63) is 52.5 Å². The number of halogens is 1. The molecule has 1 aromatic carbocycles. The van der Waals surface area contributed by atoms with Gasteiger partial charge in [-0.2, -0.15) is 0 Å². The molecule has 34 heavy (non-hydrogen) atoms. The topological polar surface area (TPSA) is 105 Å². The first-order valence-corrected chi connectivity index (χ1v) is 12.7. The van der Waals surface area contributed by atoms with E-state index in [9.17, 15) is 4.39 Å². The minimum absolute atomic E-state index is 0.0995. The van der Waals surface area contributed by atoms with Crippen LogP contribution in [0.5, 0.6) is 0 Å². The summed E-state index contributed by atoms with van der Waals surface area (Å²) in [6, 6.07) is 8.69. The van der Waals surface area contributed by atoms with Crippen LogP contribution in [0.15, 0.2) is 24.3 Å². The number of hydrogen-bond donors (Lipinski definition) is 3. The maximum Gasteiger partial charge on any atom is 0.153 e. The van der Waals surface area contributed by atoms with Crippen molar-refractivity contribution in [3.63, 3.8) is 0 Å². The number of nitrogens with two attached hydrogens (primary N) is 2. The predicted molar refractivity (Wildman–Crippen MR) is 136 cm³/mol. The van der Waals surface area contributed by atoms with Gasteiger partial charge in [-0.3, -0.25) is 5.41 Å². The Labute approximate surface area is 202 Å². The smallest absolute Gasteiger partial charge is 0.153 e. The summed E-state index contributed by atoms with van der Waals surface area (Å²) in [5.74, 6) is 1.07. The zero-order valence-electron chi connectivity index (χ0n) is 20.6. The third kappa shape index (κ3) is 5.74. The summed E-state index contributed by atoms with van der Waals surface area (Å²) in [7, 11) is 0. The number of aromatic nitrogens is 2. The van der Waals surface area contributed by atoms with E-state index in [0.29, 0.717) is 43.4 Å². The first-order valence-electron chi connectivity index (χ1n) is 12.7. The van der Waals surface area contributed by atoms with Crippen LogP contribution in [0.1, 0.15) is 86.1 Å². The lowest BCUT2D eigenvalue weighted by Gasteiger charge is -2.35. The number of hydrogen-bond acceptors (Lipinski definition) is 5. The number of alkyl halides is 1. The van der Waals surface area contributed by atoms with Gasteiger partial charge < -0.3 is 16.4 Å². The molecule has 1 aliphatic carbocycles. The van der Waals surface area contributed by atoms with Crippen molar-refractivity contribution >= 4 is 11.7 Å². The van der Waals surface area contributed by atoms with Gasteiger partial charge in [0.2, 0.25) is 0 Å². The number of fused-ring (bicyclic) bond motifs is 1. The Kier molecular flexibility index (Phi) is 7.51. The number of anilines is 1. The summed E-state index contributed by atoms with van der Waals surface area (Å²) in [6.07, 6.45) is 8.18. The molecule has 0 spiro atoms. The van der Waals surface area contributed by atoms with Crippen LogP contribution < -0.4 is 11.5 Å². The van der Waals surface area contributed by atoms with Crippen LogP contribution in [-0.4, -0.2) is 39.5 Å². The molecule has 4 rings (SSSR count). The number of aryl methyl sites for hydroxylation is 2. The lowest BCUT2D eigenvalue weighted by molar-refractivity contribution is 0.104. The van der Waals surface area contributed by atoms with Gasteiger partial charge in [0.05, 0.1) is 11.4 Å². The van der Waals surface area contributed by atoms with Gasteiger partial charge in [0.1, 0.15) is 11.4 Å². The number of benzene rings is 1. The maximum absolute atomic E-state index is 14.2. The first kappa shape index (κ1) is 24.6.